The van der Waals surface area contributed by atoms with Gasteiger partial charge in [-0.05, 0) is 43.0 Å². The maximum atomic E-state index is 12.4. The lowest BCUT2D eigenvalue weighted by molar-refractivity contribution is -0.384. The van der Waals surface area contributed by atoms with Crippen molar-refractivity contribution < 1.29 is 27.1 Å². The molecule has 10 heteroatoms. The highest BCUT2D eigenvalue weighted by Gasteiger charge is 2.26. The first kappa shape index (κ1) is 20.7. The third-order valence-electron chi connectivity index (χ3n) is 4.57. The summed E-state index contributed by atoms with van der Waals surface area (Å²) in [4.78, 5) is 22.3. The van der Waals surface area contributed by atoms with Crippen LogP contribution in [0, 0.1) is 16.0 Å². The number of hydrogen-bond donors (Lipinski definition) is 1. The molecule has 3 rings (SSSR count). The molecule has 1 fully saturated rings. The third-order valence-corrected chi connectivity index (χ3v) is 5.77. The van der Waals surface area contributed by atoms with E-state index in [0.717, 1.165) is 18.9 Å². The van der Waals surface area contributed by atoms with Gasteiger partial charge in [-0.25, -0.2) is 4.79 Å². The molecule has 0 radical (unpaired) electrons. The van der Waals surface area contributed by atoms with Gasteiger partial charge in [0.2, 0.25) is 0 Å². The quantitative estimate of drug-likeness (QED) is 0.412. The third kappa shape index (κ3) is 5.30. The summed E-state index contributed by atoms with van der Waals surface area (Å²) in [5.41, 5.74) is -0.149. The second-order valence-corrected chi connectivity index (χ2v) is 8.11. The number of carbonyl (C=O) groups excluding carboxylic acids is 1. The van der Waals surface area contributed by atoms with E-state index in [1.807, 2.05) is 0 Å². The Hall–Kier alpha value is -2.98. The van der Waals surface area contributed by atoms with Crippen molar-refractivity contribution >= 4 is 27.5 Å². The summed E-state index contributed by atoms with van der Waals surface area (Å²) in [6.07, 6.45) is 1.70. The molecule has 0 amide bonds. The molecule has 0 bridgehead atoms. The fraction of sp³-hybridized carbons (Fsp3) is 0.316. The van der Waals surface area contributed by atoms with E-state index in [1.54, 1.807) is 18.2 Å². The number of rotatable bonds is 7. The zero-order valence-corrected chi connectivity index (χ0v) is 16.3. The van der Waals surface area contributed by atoms with Gasteiger partial charge >= 0.3 is 16.1 Å². The zero-order chi connectivity index (χ0) is 20.9. The molecule has 1 saturated heterocycles. The number of hydrogen-bond acceptors (Lipinski definition) is 8. The van der Waals surface area contributed by atoms with Gasteiger partial charge in [-0.3, -0.25) is 10.1 Å². The van der Waals surface area contributed by atoms with Gasteiger partial charge in [0.05, 0.1) is 10.5 Å². The molecule has 0 unspecified atom stereocenters. The molecular formula is C19H20N2O7S. The summed E-state index contributed by atoms with van der Waals surface area (Å²) in [5.74, 6) is -0.742. The predicted octanol–water partition coefficient (Wildman–Crippen LogP) is 2.98. The number of anilines is 1. The second-order valence-electron chi connectivity index (χ2n) is 6.56. The molecule has 0 saturated carbocycles. The van der Waals surface area contributed by atoms with Gasteiger partial charge in [-0.1, -0.05) is 18.2 Å². The standard InChI is InChI=1S/C19H20N2O7S/c22-19(15-4-2-1-3-5-15)28-29(25,26)16-6-7-17(18(12-16)21(23)24)20-13-14-8-10-27-11-9-14/h1-7,12,14,20H,8-11,13H2. The minimum atomic E-state index is -4.51. The Morgan fingerprint density at radius 1 is 1.17 bits per heavy atom. The maximum Gasteiger partial charge on any atom is 0.354 e. The Kier molecular flexibility index (Phi) is 6.45. The fourth-order valence-electron chi connectivity index (χ4n) is 2.94. The van der Waals surface area contributed by atoms with Crippen LogP contribution in [-0.4, -0.2) is 39.1 Å². The van der Waals surface area contributed by atoms with Crippen LogP contribution in [0.4, 0.5) is 11.4 Å². The molecule has 0 spiro atoms. The predicted molar refractivity (Wildman–Crippen MR) is 104 cm³/mol. The molecule has 29 heavy (non-hydrogen) atoms. The molecular weight excluding hydrogens is 400 g/mol. The Morgan fingerprint density at radius 2 is 1.86 bits per heavy atom. The second kappa shape index (κ2) is 9.01. The van der Waals surface area contributed by atoms with E-state index >= 15 is 0 Å². The molecule has 0 aromatic heterocycles. The Bertz CT molecular complexity index is 987. The molecule has 2 aromatic rings. The van der Waals surface area contributed by atoms with Crippen molar-refractivity contribution in [2.45, 2.75) is 17.7 Å². The van der Waals surface area contributed by atoms with Crippen LogP contribution in [0.3, 0.4) is 0 Å². The molecule has 1 aliphatic heterocycles. The van der Waals surface area contributed by atoms with Gasteiger partial charge in [0.25, 0.3) is 5.69 Å². The van der Waals surface area contributed by atoms with Gasteiger partial charge < -0.3 is 14.2 Å². The maximum absolute atomic E-state index is 12.4. The lowest BCUT2D eigenvalue weighted by Crippen LogP contribution is -2.23. The van der Waals surface area contributed by atoms with Crippen molar-refractivity contribution in [1.82, 2.24) is 0 Å². The molecule has 154 valence electrons. The van der Waals surface area contributed by atoms with E-state index in [2.05, 4.69) is 9.50 Å². The number of nitrogens with one attached hydrogen (secondary N) is 1. The van der Waals surface area contributed by atoms with E-state index in [0.29, 0.717) is 25.7 Å². The average molecular weight is 420 g/mol. The van der Waals surface area contributed by atoms with Crippen LogP contribution >= 0.6 is 0 Å². The fourth-order valence-corrected chi connectivity index (χ4v) is 3.82. The highest BCUT2D eigenvalue weighted by atomic mass is 32.2. The first-order chi connectivity index (χ1) is 13.9. The normalized spacial score (nSPS) is 14.9. The number of nitrogens with zero attached hydrogens (tertiary/aromatic N) is 1. The van der Waals surface area contributed by atoms with Gasteiger partial charge in [0.1, 0.15) is 10.6 Å². The smallest absolute Gasteiger partial charge is 0.354 e. The lowest BCUT2D eigenvalue weighted by Gasteiger charge is -2.22. The van der Waals surface area contributed by atoms with Gasteiger partial charge in [-0.15, -0.1) is 0 Å². The minimum Gasteiger partial charge on any atom is -0.381 e. The van der Waals surface area contributed by atoms with Crippen LogP contribution < -0.4 is 5.32 Å². The largest absolute Gasteiger partial charge is 0.381 e. The van der Waals surface area contributed by atoms with Crippen molar-refractivity contribution in [3.05, 3.63) is 64.2 Å². The van der Waals surface area contributed by atoms with Crippen molar-refractivity contribution in [2.24, 2.45) is 5.92 Å². The number of ether oxygens (including phenoxy) is 1. The van der Waals surface area contributed by atoms with Crippen molar-refractivity contribution in [2.75, 3.05) is 25.1 Å². The summed E-state index contributed by atoms with van der Waals surface area (Å²) in [6.45, 7) is 1.82. The Balaban J connectivity index is 1.77. The van der Waals surface area contributed by atoms with Crippen LogP contribution in [0.25, 0.3) is 0 Å². The van der Waals surface area contributed by atoms with Crippen LogP contribution in [0.2, 0.25) is 0 Å². The highest BCUT2D eigenvalue weighted by molar-refractivity contribution is 7.87. The van der Waals surface area contributed by atoms with Crippen molar-refractivity contribution in [3.8, 4) is 0 Å². The monoisotopic (exact) mass is 420 g/mol. The lowest BCUT2D eigenvalue weighted by atomic mass is 10.0. The summed E-state index contributed by atoms with van der Waals surface area (Å²) in [6, 6.07) is 11.0. The molecule has 0 aliphatic carbocycles. The first-order valence-corrected chi connectivity index (χ1v) is 10.4. The van der Waals surface area contributed by atoms with Crippen molar-refractivity contribution in [1.29, 1.82) is 0 Å². The van der Waals surface area contributed by atoms with Crippen LogP contribution in [0.15, 0.2) is 53.4 Å². The summed E-state index contributed by atoms with van der Waals surface area (Å²) in [5, 5.41) is 14.4. The Morgan fingerprint density at radius 3 is 2.52 bits per heavy atom. The minimum absolute atomic E-state index is 0.0559. The highest BCUT2D eigenvalue weighted by Crippen LogP contribution is 2.29. The molecule has 1 heterocycles. The first-order valence-electron chi connectivity index (χ1n) is 9.01. The summed E-state index contributed by atoms with van der Waals surface area (Å²) in [7, 11) is -4.51. The molecule has 1 N–H and O–H groups in total. The van der Waals surface area contributed by atoms with Crippen molar-refractivity contribution in [3.63, 3.8) is 0 Å². The molecule has 9 nitrogen and oxygen atoms in total. The van der Waals surface area contributed by atoms with E-state index in [4.69, 9.17) is 4.74 Å². The summed E-state index contributed by atoms with van der Waals surface area (Å²) >= 11 is 0. The summed E-state index contributed by atoms with van der Waals surface area (Å²) < 4.78 is 34.7. The van der Waals surface area contributed by atoms with Gasteiger partial charge in [0.15, 0.2) is 0 Å². The van der Waals surface area contributed by atoms with Gasteiger partial charge in [-0.2, -0.15) is 8.42 Å². The van der Waals surface area contributed by atoms with Crippen LogP contribution in [-0.2, 0) is 19.0 Å². The number of carbonyl (C=O) groups is 1. The van der Waals surface area contributed by atoms with E-state index < -0.39 is 31.6 Å². The van der Waals surface area contributed by atoms with Gasteiger partial charge in [0, 0.05) is 25.8 Å². The van der Waals surface area contributed by atoms with Crippen LogP contribution in [0.1, 0.15) is 23.2 Å². The molecule has 1 aliphatic rings. The Labute approximate surface area is 167 Å². The SMILES string of the molecule is O=C(OS(=O)(=O)c1ccc(NCC2CCOCC2)c([N+](=O)[O-])c1)c1ccccc1. The van der Waals surface area contributed by atoms with E-state index in [-0.39, 0.29) is 11.3 Å². The van der Waals surface area contributed by atoms with E-state index in [9.17, 15) is 23.3 Å². The number of benzene rings is 2. The van der Waals surface area contributed by atoms with E-state index in [1.165, 1.54) is 24.3 Å². The number of nitro groups is 1. The average Bonchev–Trinajstić information content (AvgIpc) is 2.73. The number of nitro benzene ring substituents is 1. The topological polar surface area (TPSA) is 125 Å². The zero-order valence-electron chi connectivity index (χ0n) is 15.4. The molecule has 2 aromatic carbocycles. The molecule has 0 atom stereocenters. The van der Waals surface area contributed by atoms with Crippen LogP contribution in [0.5, 0.6) is 0 Å².